The van der Waals surface area contributed by atoms with Gasteiger partial charge >= 0.3 is 0 Å². The average Bonchev–Trinajstić information content (AvgIpc) is 2.50. The van der Waals surface area contributed by atoms with Crippen LogP contribution in [0.3, 0.4) is 0 Å². The zero-order chi connectivity index (χ0) is 16.8. The molecular weight excluding hydrogens is 309 g/mol. The molecule has 0 aromatic heterocycles. The lowest BCUT2D eigenvalue weighted by Gasteiger charge is -2.15. The van der Waals surface area contributed by atoms with Crippen LogP contribution in [0.5, 0.6) is 5.75 Å². The SMILES string of the molecule is Bc1c(F)cc(OC)c(-c2c(F)c(F)c(C)c(F)c2F)c1F. The van der Waals surface area contributed by atoms with Crippen LogP contribution in [0, 0.1) is 41.8 Å². The zero-order valence-corrected chi connectivity index (χ0v) is 11.8. The van der Waals surface area contributed by atoms with E-state index in [4.69, 9.17) is 0 Å². The van der Waals surface area contributed by atoms with Crippen LogP contribution in [0.25, 0.3) is 11.1 Å². The van der Waals surface area contributed by atoms with Crippen molar-refractivity contribution < 1.29 is 31.1 Å². The van der Waals surface area contributed by atoms with E-state index in [-0.39, 0.29) is 0 Å². The predicted molar refractivity (Wildman–Crippen MR) is 71.1 cm³/mol. The van der Waals surface area contributed by atoms with E-state index in [9.17, 15) is 26.3 Å². The van der Waals surface area contributed by atoms with Crippen LogP contribution in [0.4, 0.5) is 26.3 Å². The highest BCUT2D eigenvalue weighted by molar-refractivity contribution is 6.33. The molecule has 0 atom stereocenters. The molecule has 2 rings (SSSR count). The van der Waals surface area contributed by atoms with Gasteiger partial charge < -0.3 is 4.74 Å². The van der Waals surface area contributed by atoms with E-state index in [2.05, 4.69) is 4.74 Å². The van der Waals surface area contributed by atoms with E-state index < -0.39 is 62.8 Å². The van der Waals surface area contributed by atoms with E-state index >= 15 is 0 Å². The van der Waals surface area contributed by atoms with E-state index in [1.165, 1.54) is 0 Å². The Morgan fingerprint density at radius 3 is 1.77 bits per heavy atom. The summed E-state index contributed by atoms with van der Waals surface area (Å²) in [7, 11) is 2.02. The predicted octanol–water partition coefficient (Wildman–Crippen LogP) is 2.76. The monoisotopic (exact) mass is 318 g/mol. The maximum absolute atomic E-state index is 14.2. The van der Waals surface area contributed by atoms with Gasteiger partial charge in [-0.1, -0.05) is 0 Å². The van der Waals surface area contributed by atoms with Crippen molar-refractivity contribution >= 4 is 13.3 Å². The van der Waals surface area contributed by atoms with Gasteiger partial charge in [-0.25, -0.2) is 26.3 Å². The summed E-state index contributed by atoms with van der Waals surface area (Å²) in [6, 6.07) is 0.683. The van der Waals surface area contributed by atoms with E-state index in [1.54, 1.807) is 0 Å². The van der Waals surface area contributed by atoms with Crippen molar-refractivity contribution in [2.45, 2.75) is 6.92 Å². The first-order chi connectivity index (χ1) is 10.2. The van der Waals surface area contributed by atoms with Gasteiger partial charge in [-0.05, 0) is 12.4 Å². The molecule has 0 heterocycles. The van der Waals surface area contributed by atoms with E-state index in [0.717, 1.165) is 21.9 Å². The topological polar surface area (TPSA) is 9.23 Å². The zero-order valence-electron chi connectivity index (χ0n) is 11.8. The number of ether oxygens (including phenoxy) is 1. The minimum absolute atomic E-state index is 0.559. The van der Waals surface area contributed by atoms with E-state index in [0.29, 0.717) is 6.07 Å². The van der Waals surface area contributed by atoms with Crippen molar-refractivity contribution in [2.75, 3.05) is 7.11 Å². The van der Waals surface area contributed by atoms with Gasteiger partial charge in [-0.15, -0.1) is 0 Å². The minimum atomic E-state index is -1.78. The van der Waals surface area contributed by atoms with Crippen LogP contribution < -0.4 is 10.2 Å². The maximum atomic E-state index is 14.2. The van der Waals surface area contributed by atoms with Gasteiger partial charge in [0.15, 0.2) is 23.3 Å². The van der Waals surface area contributed by atoms with Crippen molar-refractivity contribution in [1.29, 1.82) is 0 Å². The van der Waals surface area contributed by atoms with Crippen LogP contribution in [-0.4, -0.2) is 15.0 Å². The molecule has 0 saturated carbocycles. The van der Waals surface area contributed by atoms with Gasteiger partial charge in [0.1, 0.15) is 25.2 Å². The Bertz CT molecular complexity index is 746. The van der Waals surface area contributed by atoms with Gasteiger partial charge in [0.2, 0.25) is 0 Å². The van der Waals surface area contributed by atoms with Crippen LogP contribution >= 0.6 is 0 Å². The maximum Gasteiger partial charge on any atom is 0.170 e. The smallest absolute Gasteiger partial charge is 0.170 e. The molecule has 0 amide bonds. The third kappa shape index (κ3) is 2.22. The Hall–Kier alpha value is -2.12. The molecule has 116 valence electrons. The fraction of sp³-hybridized carbons (Fsp3) is 0.143. The summed E-state index contributed by atoms with van der Waals surface area (Å²) in [5.41, 5.74) is -3.60. The van der Waals surface area contributed by atoms with Gasteiger partial charge in [-0.2, -0.15) is 0 Å². The number of methoxy groups -OCH3 is 1. The second-order valence-electron chi connectivity index (χ2n) is 4.63. The molecule has 0 aliphatic heterocycles. The Labute approximate surface area is 122 Å². The van der Waals surface area contributed by atoms with Crippen LogP contribution in [0.1, 0.15) is 5.56 Å². The fourth-order valence-electron chi connectivity index (χ4n) is 2.05. The summed E-state index contributed by atoms with van der Waals surface area (Å²) < 4.78 is 87.7. The Morgan fingerprint density at radius 2 is 1.32 bits per heavy atom. The van der Waals surface area contributed by atoms with Crippen LogP contribution in [-0.2, 0) is 0 Å². The largest absolute Gasteiger partial charge is 0.496 e. The van der Waals surface area contributed by atoms with Crippen molar-refractivity contribution in [3.05, 3.63) is 46.5 Å². The Morgan fingerprint density at radius 1 is 0.818 bits per heavy atom. The average molecular weight is 318 g/mol. The van der Waals surface area contributed by atoms with Gasteiger partial charge in [0.05, 0.1) is 18.2 Å². The van der Waals surface area contributed by atoms with E-state index in [1.807, 2.05) is 0 Å². The molecule has 0 radical (unpaired) electrons. The summed E-state index contributed by atoms with van der Waals surface area (Å²) in [6.45, 7) is 0.837. The quantitative estimate of drug-likeness (QED) is 0.470. The molecule has 2 aromatic rings. The first kappa shape index (κ1) is 16.3. The lowest BCUT2D eigenvalue weighted by molar-refractivity contribution is 0.407. The molecule has 0 aliphatic rings. The number of benzene rings is 2. The highest BCUT2D eigenvalue weighted by Gasteiger charge is 2.29. The molecule has 2 aromatic carbocycles. The number of rotatable bonds is 2. The minimum Gasteiger partial charge on any atom is -0.496 e. The highest BCUT2D eigenvalue weighted by Crippen LogP contribution is 2.38. The number of hydrogen-bond donors (Lipinski definition) is 0. The summed E-state index contributed by atoms with van der Waals surface area (Å²) in [4.78, 5) is 0. The first-order valence-corrected chi connectivity index (χ1v) is 6.07. The standard InChI is InChI=1S/C14H9BF6O/c1-4-10(17)13(20)8(14(21)11(4)18)7-6(22-2)3-5(16)9(15)12(7)19/h3H,15H2,1-2H3. The van der Waals surface area contributed by atoms with Gasteiger partial charge in [0, 0.05) is 11.6 Å². The third-order valence-electron chi connectivity index (χ3n) is 3.36. The van der Waals surface area contributed by atoms with Crippen molar-refractivity contribution in [1.82, 2.24) is 0 Å². The second-order valence-corrected chi connectivity index (χ2v) is 4.63. The van der Waals surface area contributed by atoms with Crippen molar-refractivity contribution in [2.24, 2.45) is 0 Å². The molecular formula is C14H9BF6O. The van der Waals surface area contributed by atoms with Crippen molar-refractivity contribution in [3.63, 3.8) is 0 Å². The highest BCUT2D eigenvalue weighted by atomic mass is 19.2. The molecule has 22 heavy (non-hydrogen) atoms. The molecule has 8 heteroatoms. The fourth-order valence-corrected chi connectivity index (χ4v) is 2.05. The molecule has 0 unspecified atom stereocenters. The van der Waals surface area contributed by atoms with Gasteiger partial charge in [-0.3, -0.25) is 0 Å². The molecule has 0 spiro atoms. The molecule has 0 saturated heterocycles. The van der Waals surface area contributed by atoms with Crippen LogP contribution in [0.15, 0.2) is 6.07 Å². The Balaban J connectivity index is 2.98. The molecule has 0 aliphatic carbocycles. The summed E-state index contributed by atoms with van der Waals surface area (Å²) >= 11 is 0. The lowest BCUT2D eigenvalue weighted by atomic mass is 9.89. The summed E-state index contributed by atoms with van der Waals surface area (Å²) in [5, 5.41) is 0. The number of halogens is 6. The normalized spacial score (nSPS) is 10.9. The number of hydrogen-bond acceptors (Lipinski definition) is 1. The first-order valence-electron chi connectivity index (χ1n) is 6.07. The summed E-state index contributed by atoms with van der Waals surface area (Å²) in [6.07, 6.45) is 0. The molecule has 1 nitrogen and oxygen atoms in total. The second kappa shape index (κ2) is 5.59. The Kier molecular flexibility index (Phi) is 4.13. The third-order valence-corrected chi connectivity index (χ3v) is 3.36. The molecule has 0 bridgehead atoms. The van der Waals surface area contributed by atoms with Crippen LogP contribution in [0.2, 0.25) is 0 Å². The summed E-state index contributed by atoms with van der Waals surface area (Å²) in [5.74, 6) is -9.83. The van der Waals surface area contributed by atoms with Gasteiger partial charge in [0.25, 0.3) is 0 Å². The van der Waals surface area contributed by atoms with Crippen molar-refractivity contribution in [3.8, 4) is 16.9 Å². The molecule has 0 N–H and O–H groups in total. The molecule has 0 fully saturated rings. The lowest BCUT2D eigenvalue weighted by Crippen LogP contribution is -2.17.